The molecule has 29 heavy (non-hydrogen) atoms. The van der Waals surface area contributed by atoms with Gasteiger partial charge in [-0.25, -0.2) is 4.68 Å². The van der Waals surface area contributed by atoms with Crippen molar-refractivity contribution in [3.8, 4) is 5.69 Å². The van der Waals surface area contributed by atoms with Crippen molar-refractivity contribution in [1.29, 1.82) is 0 Å². The fourth-order valence-corrected chi connectivity index (χ4v) is 4.64. The lowest BCUT2D eigenvalue weighted by Crippen LogP contribution is -1.98. The highest BCUT2D eigenvalue weighted by Crippen LogP contribution is 2.32. The molecule has 0 spiro atoms. The Morgan fingerprint density at radius 3 is 2.90 bits per heavy atom. The minimum Gasteiger partial charge on any atom is -0.331 e. The summed E-state index contributed by atoms with van der Waals surface area (Å²) < 4.78 is 5.57. The summed E-state index contributed by atoms with van der Waals surface area (Å²) in [4.78, 5) is 5.44. The SMILES string of the molecule is C/C=S(/Nc1cccc2cnccc12)c1cccc(-n2cc(CCCC)nn2)c1. The van der Waals surface area contributed by atoms with Gasteiger partial charge in [-0.1, -0.05) is 47.4 Å². The second kappa shape index (κ2) is 9.01. The minimum absolute atomic E-state index is 0.241. The summed E-state index contributed by atoms with van der Waals surface area (Å²) in [6.07, 6.45) is 9.04. The Bertz CT molecular complexity index is 1140. The summed E-state index contributed by atoms with van der Waals surface area (Å²) in [5.41, 5.74) is 3.18. The van der Waals surface area contributed by atoms with Crippen LogP contribution in [0.3, 0.4) is 0 Å². The Morgan fingerprint density at radius 2 is 2.03 bits per heavy atom. The van der Waals surface area contributed by atoms with Crippen LogP contribution in [0.15, 0.2) is 72.0 Å². The fourth-order valence-electron chi connectivity index (χ4n) is 3.24. The van der Waals surface area contributed by atoms with Gasteiger partial charge < -0.3 is 4.72 Å². The van der Waals surface area contributed by atoms with Gasteiger partial charge in [0, 0.05) is 28.1 Å². The third-order valence-electron chi connectivity index (χ3n) is 4.80. The zero-order valence-electron chi connectivity index (χ0n) is 16.7. The molecule has 148 valence electrons. The number of hydrogen-bond donors (Lipinski definition) is 1. The molecule has 4 rings (SSSR count). The van der Waals surface area contributed by atoms with E-state index in [9.17, 15) is 0 Å². The predicted molar refractivity (Wildman–Crippen MR) is 123 cm³/mol. The molecule has 0 fully saturated rings. The molecular formula is C23H25N5S. The summed E-state index contributed by atoms with van der Waals surface area (Å²) in [5.74, 6) is 0. The maximum absolute atomic E-state index is 4.32. The Morgan fingerprint density at radius 1 is 1.14 bits per heavy atom. The van der Waals surface area contributed by atoms with Crippen molar-refractivity contribution < 1.29 is 0 Å². The van der Waals surface area contributed by atoms with E-state index in [0.29, 0.717) is 0 Å². The molecule has 1 N–H and O–H groups in total. The van der Waals surface area contributed by atoms with Crippen LogP contribution in [0.4, 0.5) is 5.69 Å². The number of aromatic nitrogens is 4. The van der Waals surface area contributed by atoms with Crippen molar-refractivity contribution >= 4 is 32.5 Å². The Hall–Kier alpha value is -2.99. The monoisotopic (exact) mass is 403 g/mol. The molecule has 0 radical (unpaired) electrons. The molecule has 0 aliphatic rings. The van der Waals surface area contributed by atoms with Gasteiger partial charge in [0.1, 0.15) is 0 Å². The molecule has 0 saturated carbocycles. The molecule has 0 amide bonds. The van der Waals surface area contributed by atoms with E-state index in [1.165, 1.54) is 10.3 Å². The van der Waals surface area contributed by atoms with Gasteiger partial charge in [0.2, 0.25) is 0 Å². The second-order valence-corrected chi connectivity index (χ2v) is 8.66. The number of hydrogen-bond acceptors (Lipinski definition) is 4. The van der Waals surface area contributed by atoms with Crippen LogP contribution in [0, 0.1) is 0 Å². The smallest absolute Gasteiger partial charge is 0.0831 e. The predicted octanol–water partition coefficient (Wildman–Crippen LogP) is 5.64. The van der Waals surface area contributed by atoms with Gasteiger partial charge in [-0.3, -0.25) is 4.98 Å². The lowest BCUT2D eigenvalue weighted by atomic mass is 10.1. The molecule has 2 aromatic carbocycles. The molecule has 2 heterocycles. The normalized spacial score (nSPS) is 12.3. The van der Waals surface area contributed by atoms with Gasteiger partial charge in [-0.05, 0) is 55.5 Å². The third kappa shape index (κ3) is 4.38. The first-order chi connectivity index (χ1) is 14.3. The van der Waals surface area contributed by atoms with Crippen LogP contribution in [0.2, 0.25) is 0 Å². The first kappa shape index (κ1) is 19.3. The molecule has 0 bridgehead atoms. The summed E-state index contributed by atoms with van der Waals surface area (Å²) in [6, 6.07) is 16.8. The highest BCUT2D eigenvalue weighted by atomic mass is 32.2. The largest absolute Gasteiger partial charge is 0.331 e. The van der Waals surface area contributed by atoms with Crippen molar-refractivity contribution in [3.05, 3.63) is 72.8 Å². The second-order valence-electron chi connectivity index (χ2n) is 6.83. The average Bonchev–Trinajstić information content (AvgIpc) is 3.25. The first-order valence-electron chi connectivity index (χ1n) is 9.92. The van der Waals surface area contributed by atoms with Crippen molar-refractivity contribution in [1.82, 2.24) is 20.0 Å². The van der Waals surface area contributed by atoms with Crippen LogP contribution in [0.25, 0.3) is 16.5 Å². The zero-order valence-corrected chi connectivity index (χ0v) is 17.6. The van der Waals surface area contributed by atoms with Crippen molar-refractivity contribution in [2.45, 2.75) is 38.0 Å². The Labute approximate surface area is 173 Å². The van der Waals surface area contributed by atoms with E-state index in [-0.39, 0.29) is 10.7 Å². The summed E-state index contributed by atoms with van der Waals surface area (Å²) in [7, 11) is -0.241. The molecule has 0 aliphatic heterocycles. The fraction of sp³-hybridized carbons (Fsp3) is 0.217. The Kier molecular flexibility index (Phi) is 6.00. The van der Waals surface area contributed by atoms with Crippen LogP contribution >= 0.6 is 10.7 Å². The highest BCUT2D eigenvalue weighted by Gasteiger charge is 2.07. The lowest BCUT2D eigenvalue weighted by Gasteiger charge is -2.15. The summed E-state index contributed by atoms with van der Waals surface area (Å²) in [5, 5.41) is 13.1. The van der Waals surface area contributed by atoms with E-state index < -0.39 is 0 Å². The van der Waals surface area contributed by atoms with Crippen LogP contribution in [-0.2, 0) is 6.42 Å². The number of fused-ring (bicyclic) bond motifs is 1. The Balaban J connectivity index is 1.61. The number of benzene rings is 2. The van der Waals surface area contributed by atoms with Gasteiger partial charge >= 0.3 is 0 Å². The van der Waals surface area contributed by atoms with Gasteiger partial charge in [0.15, 0.2) is 0 Å². The van der Waals surface area contributed by atoms with Gasteiger partial charge in [-0.2, -0.15) is 0 Å². The van der Waals surface area contributed by atoms with Gasteiger partial charge in [0.25, 0.3) is 0 Å². The maximum atomic E-state index is 4.32. The van der Waals surface area contributed by atoms with E-state index in [0.717, 1.165) is 41.7 Å². The van der Waals surface area contributed by atoms with Crippen LogP contribution in [0.1, 0.15) is 32.4 Å². The molecule has 0 aliphatic carbocycles. The van der Waals surface area contributed by atoms with E-state index in [2.05, 4.69) is 87.8 Å². The van der Waals surface area contributed by atoms with Crippen molar-refractivity contribution in [3.63, 3.8) is 0 Å². The van der Waals surface area contributed by atoms with Gasteiger partial charge in [0.05, 0.1) is 23.3 Å². The molecule has 6 heteroatoms. The maximum Gasteiger partial charge on any atom is 0.0831 e. The topological polar surface area (TPSA) is 55.6 Å². The van der Waals surface area contributed by atoms with Crippen molar-refractivity contribution in [2.24, 2.45) is 0 Å². The molecule has 0 saturated heterocycles. The number of aryl methyl sites for hydroxylation is 1. The number of unbranched alkanes of at least 4 members (excludes halogenated alkanes) is 1. The molecule has 1 atom stereocenters. The standard InChI is InChI=1S/C23H25N5S/c1-3-5-9-19-17-28(27-25-19)20-10-7-11-21(15-20)29(4-2)26-23-12-6-8-18-16-24-14-13-22(18)23/h4,6-8,10-17,26H,3,5,9H2,1-2H3. The highest BCUT2D eigenvalue weighted by molar-refractivity contribution is 8.16. The molecule has 4 aromatic rings. The average molecular weight is 404 g/mol. The van der Waals surface area contributed by atoms with E-state index in [1.54, 1.807) is 0 Å². The minimum atomic E-state index is -0.241. The number of nitrogens with one attached hydrogen (secondary N) is 1. The number of pyridine rings is 1. The first-order valence-corrected chi connectivity index (χ1v) is 11.2. The number of rotatable bonds is 7. The zero-order chi connectivity index (χ0) is 20.1. The molecule has 5 nitrogen and oxygen atoms in total. The summed E-state index contributed by atoms with van der Waals surface area (Å²) in [6.45, 7) is 4.28. The van der Waals surface area contributed by atoms with Crippen LogP contribution < -0.4 is 4.72 Å². The number of anilines is 1. The van der Waals surface area contributed by atoms with Crippen LogP contribution in [-0.4, -0.2) is 25.3 Å². The quantitative estimate of drug-likeness (QED) is 0.406. The molecule has 1 unspecified atom stereocenters. The molecule has 2 aromatic heterocycles. The molecular weight excluding hydrogens is 378 g/mol. The van der Waals surface area contributed by atoms with E-state index >= 15 is 0 Å². The van der Waals surface area contributed by atoms with Crippen LogP contribution in [0.5, 0.6) is 0 Å². The van der Waals surface area contributed by atoms with Crippen molar-refractivity contribution in [2.75, 3.05) is 4.72 Å². The number of nitrogens with zero attached hydrogens (tertiary/aromatic N) is 4. The lowest BCUT2D eigenvalue weighted by molar-refractivity contribution is 0.761. The van der Waals surface area contributed by atoms with Gasteiger partial charge in [-0.15, -0.1) is 5.10 Å². The summed E-state index contributed by atoms with van der Waals surface area (Å²) >= 11 is 0. The van der Waals surface area contributed by atoms with E-state index in [1.807, 2.05) is 23.3 Å². The third-order valence-corrected chi connectivity index (χ3v) is 6.47. The van der Waals surface area contributed by atoms with E-state index in [4.69, 9.17) is 0 Å².